The summed E-state index contributed by atoms with van der Waals surface area (Å²) in [6, 6.07) is 14.0. The summed E-state index contributed by atoms with van der Waals surface area (Å²) in [6.45, 7) is 3.15. The summed E-state index contributed by atoms with van der Waals surface area (Å²) in [7, 11) is 0. The average Bonchev–Trinajstić information content (AvgIpc) is 2.55. The number of benzene rings is 2. The van der Waals surface area contributed by atoms with Crippen LogP contribution in [0, 0.1) is 6.92 Å². The molecule has 0 saturated heterocycles. The van der Waals surface area contributed by atoms with Crippen molar-refractivity contribution in [3.63, 3.8) is 0 Å². The Labute approximate surface area is 145 Å². The molecule has 2 aromatic carbocycles. The smallest absolute Gasteiger partial charge is 0.344 e. The molecule has 5 nitrogen and oxygen atoms in total. The van der Waals surface area contributed by atoms with Crippen molar-refractivity contribution >= 4 is 29.2 Å². The zero-order valence-electron chi connectivity index (χ0n) is 13.4. The highest BCUT2D eigenvalue weighted by atomic mass is 35.5. The molecule has 126 valence electrons. The second-order valence-corrected chi connectivity index (χ2v) is 5.67. The number of esters is 1. The number of carbonyl (C=O) groups is 2. The number of hydrogen-bond acceptors (Lipinski definition) is 4. The van der Waals surface area contributed by atoms with Crippen molar-refractivity contribution in [3.05, 3.63) is 59.1 Å². The van der Waals surface area contributed by atoms with E-state index in [0.29, 0.717) is 16.5 Å². The van der Waals surface area contributed by atoms with Crippen LogP contribution in [0.3, 0.4) is 0 Å². The van der Waals surface area contributed by atoms with Gasteiger partial charge < -0.3 is 14.8 Å². The molecule has 0 aromatic heterocycles. The Hall–Kier alpha value is -2.53. The van der Waals surface area contributed by atoms with Crippen molar-refractivity contribution in [2.45, 2.75) is 20.0 Å². The summed E-state index contributed by atoms with van der Waals surface area (Å²) in [5, 5.41) is 3.19. The molecule has 0 aliphatic carbocycles. The average molecular weight is 348 g/mol. The highest BCUT2D eigenvalue weighted by Gasteiger charge is 2.18. The van der Waals surface area contributed by atoms with Crippen LogP contribution in [-0.4, -0.2) is 24.6 Å². The van der Waals surface area contributed by atoms with Crippen LogP contribution in [-0.2, 0) is 14.3 Å². The molecule has 24 heavy (non-hydrogen) atoms. The van der Waals surface area contributed by atoms with E-state index < -0.39 is 18.0 Å². The van der Waals surface area contributed by atoms with Gasteiger partial charge in [0.2, 0.25) is 0 Å². The monoisotopic (exact) mass is 347 g/mol. The highest BCUT2D eigenvalue weighted by Crippen LogP contribution is 2.17. The van der Waals surface area contributed by atoms with Crippen LogP contribution in [0.25, 0.3) is 0 Å². The lowest BCUT2D eigenvalue weighted by Gasteiger charge is -2.14. The molecule has 2 rings (SSSR count). The van der Waals surface area contributed by atoms with Crippen LogP contribution in [0.1, 0.15) is 12.5 Å². The van der Waals surface area contributed by atoms with Gasteiger partial charge in [-0.15, -0.1) is 0 Å². The molecule has 1 N–H and O–H groups in total. The minimum atomic E-state index is -0.929. The first-order valence-corrected chi connectivity index (χ1v) is 7.77. The topological polar surface area (TPSA) is 64.6 Å². The number of halogens is 1. The zero-order valence-corrected chi connectivity index (χ0v) is 14.2. The lowest BCUT2D eigenvalue weighted by Crippen LogP contribution is -2.31. The Bertz CT molecular complexity index is 715. The van der Waals surface area contributed by atoms with Gasteiger partial charge in [-0.3, -0.25) is 4.79 Å². The molecule has 0 bridgehead atoms. The van der Waals surface area contributed by atoms with E-state index >= 15 is 0 Å². The molecule has 0 heterocycles. The first kappa shape index (κ1) is 17.8. The third-order valence-electron chi connectivity index (χ3n) is 3.15. The van der Waals surface area contributed by atoms with Crippen molar-refractivity contribution < 1.29 is 19.1 Å². The van der Waals surface area contributed by atoms with Crippen molar-refractivity contribution in [2.24, 2.45) is 0 Å². The van der Waals surface area contributed by atoms with E-state index in [2.05, 4.69) is 5.32 Å². The fourth-order valence-corrected chi connectivity index (χ4v) is 2.04. The molecule has 0 spiro atoms. The SMILES string of the molecule is Cc1ccc(NC(=O)[C@H](C)OC(=O)COc2cccc(Cl)c2)cc1. The molecule has 0 saturated carbocycles. The number of amides is 1. The van der Waals surface area contributed by atoms with E-state index in [9.17, 15) is 9.59 Å². The molecule has 1 atom stereocenters. The molecular formula is C18H18ClNO4. The van der Waals surface area contributed by atoms with Gasteiger partial charge in [-0.25, -0.2) is 4.79 Å². The van der Waals surface area contributed by atoms with Gasteiger partial charge in [-0.1, -0.05) is 35.4 Å². The Morgan fingerprint density at radius 1 is 1.17 bits per heavy atom. The molecule has 2 aromatic rings. The molecule has 0 aliphatic heterocycles. The van der Waals surface area contributed by atoms with Crippen LogP contribution in [0.15, 0.2) is 48.5 Å². The number of ether oxygens (including phenoxy) is 2. The second-order valence-electron chi connectivity index (χ2n) is 5.23. The standard InChI is InChI=1S/C18H18ClNO4/c1-12-6-8-15(9-7-12)20-18(22)13(2)24-17(21)11-23-16-5-3-4-14(19)10-16/h3-10,13H,11H2,1-2H3,(H,20,22)/t13-/m0/s1. The summed E-state index contributed by atoms with van der Waals surface area (Å²) in [4.78, 5) is 23.8. The molecular weight excluding hydrogens is 330 g/mol. The van der Waals surface area contributed by atoms with Crippen molar-refractivity contribution in [3.8, 4) is 5.75 Å². The van der Waals surface area contributed by atoms with Crippen LogP contribution in [0.4, 0.5) is 5.69 Å². The Kier molecular flexibility index (Phi) is 6.21. The maximum absolute atomic E-state index is 12.0. The molecule has 0 unspecified atom stereocenters. The van der Waals surface area contributed by atoms with E-state index in [-0.39, 0.29) is 6.61 Å². The van der Waals surface area contributed by atoms with Crippen LogP contribution in [0.2, 0.25) is 5.02 Å². The summed E-state index contributed by atoms with van der Waals surface area (Å²) in [5.41, 5.74) is 1.73. The number of hydrogen-bond donors (Lipinski definition) is 1. The van der Waals surface area contributed by atoms with E-state index in [1.54, 1.807) is 36.4 Å². The maximum atomic E-state index is 12.0. The quantitative estimate of drug-likeness (QED) is 0.811. The van der Waals surface area contributed by atoms with Crippen molar-refractivity contribution in [1.29, 1.82) is 0 Å². The van der Waals surface area contributed by atoms with Crippen molar-refractivity contribution in [1.82, 2.24) is 0 Å². The fourth-order valence-electron chi connectivity index (χ4n) is 1.86. The lowest BCUT2D eigenvalue weighted by molar-refractivity contribution is -0.155. The second kappa shape index (κ2) is 8.36. The van der Waals surface area contributed by atoms with E-state index in [1.165, 1.54) is 6.92 Å². The van der Waals surface area contributed by atoms with Gasteiger partial charge in [0.05, 0.1) is 0 Å². The first-order chi connectivity index (χ1) is 11.4. The minimum Gasteiger partial charge on any atom is -0.482 e. The number of aryl methyl sites for hydroxylation is 1. The largest absolute Gasteiger partial charge is 0.482 e. The minimum absolute atomic E-state index is 0.303. The van der Waals surface area contributed by atoms with Gasteiger partial charge in [0, 0.05) is 10.7 Å². The Balaban J connectivity index is 1.80. The van der Waals surface area contributed by atoms with E-state index in [4.69, 9.17) is 21.1 Å². The normalized spacial score (nSPS) is 11.5. The van der Waals surface area contributed by atoms with Crippen molar-refractivity contribution in [2.75, 3.05) is 11.9 Å². The van der Waals surface area contributed by atoms with Gasteiger partial charge in [0.1, 0.15) is 5.75 Å². The maximum Gasteiger partial charge on any atom is 0.344 e. The third-order valence-corrected chi connectivity index (χ3v) is 3.38. The summed E-state index contributed by atoms with van der Waals surface area (Å²) in [6.07, 6.45) is -0.929. The molecule has 0 fully saturated rings. The van der Waals surface area contributed by atoms with E-state index in [0.717, 1.165) is 5.56 Å². The van der Waals surface area contributed by atoms with Gasteiger partial charge in [-0.2, -0.15) is 0 Å². The van der Waals surface area contributed by atoms with Crippen LogP contribution in [0.5, 0.6) is 5.75 Å². The third kappa shape index (κ3) is 5.59. The molecule has 1 amide bonds. The van der Waals surface area contributed by atoms with Crippen LogP contribution < -0.4 is 10.1 Å². The molecule has 6 heteroatoms. The first-order valence-electron chi connectivity index (χ1n) is 7.39. The van der Waals surface area contributed by atoms with Gasteiger partial charge in [0.25, 0.3) is 5.91 Å². The number of carbonyl (C=O) groups excluding carboxylic acids is 2. The highest BCUT2D eigenvalue weighted by molar-refractivity contribution is 6.30. The number of nitrogens with one attached hydrogen (secondary N) is 1. The molecule has 0 aliphatic rings. The predicted octanol–water partition coefficient (Wildman–Crippen LogP) is 3.60. The Morgan fingerprint density at radius 2 is 1.88 bits per heavy atom. The lowest BCUT2D eigenvalue weighted by atomic mass is 10.2. The fraction of sp³-hybridized carbons (Fsp3) is 0.222. The number of rotatable bonds is 6. The molecule has 0 radical (unpaired) electrons. The Morgan fingerprint density at radius 3 is 2.54 bits per heavy atom. The zero-order chi connectivity index (χ0) is 17.5. The summed E-state index contributed by atoms with van der Waals surface area (Å²) < 4.78 is 10.3. The van der Waals surface area contributed by atoms with Gasteiger partial charge in [0.15, 0.2) is 12.7 Å². The van der Waals surface area contributed by atoms with Crippen LogP contribution >= 0.6 is 11.6 Å². The summed E-state index contributed by atoms with van der Waals surface area (Å²) >= 11 is 5.82. The number of anilines is 1. The summed E-state index contributed by atoms with van der Waals surface area (Å²) in [5.74, 6) is -0.590. The van der Waals surface area contributed by atoms with Gasteiger partial charge >= 0.3 is 5.97 Å². The van der Waals surface area contributed by atoms with E-state index in [1.807, 2.05) is 19.1 Å². The van der Waals surface area contributed by atoms with Gasteiger partial charge in [-0.05, 0) is 44.2 Å². The predicted molar refractivity (Wildman–Crippen MR) is 92.3 cm³/mol.